The summed E-state index contributed by atoms with van der Waals surface area (Å²) in [6.45, 7) is 7.28. The first-order valence-corrected chi connectivity index (χ1v) is 7.98. The highest BCUT2D eigenvalue weighted by molar-refractivity contribution is 14.1. The molecule has 0 saturated carbocycles. The van der Waals surface area contributed by atoms with Gasteiger partial charge in [-0.1, -0.05) is 30.4 Å². The number of allylic oxidation sites excluding steroid dienone is 2. The fraction of sp³-hybridized carbons (Fsp3) is 0.188. The molecule has 1 aromatic carbocycles. The zero-order chi connectivity index (χ0) is 17.0. The maximum atomic E-state index is 12.5. The van der Waals surface area contributed by atoms with E-state index in [1.54, 1.807) is 0 Å². The Kier molecular flexibility index (Phi) is 5.54. The molecule has 0 aliphatic rings. The third-order valence-corrected chi connectivity index (χ3v) is 4.35. The van der Waals surface area contributed by atoms with E-state index in [1.807, 2.05) is 24.3 Å². The first kappa shape index (κ1) is 17.2. The Bertz CT molecular complexity index is 873. The average molecular weight is 425 g/mol. The van der Waals surface area contributed by atoms with Crippen LogP contribution < -0.4 is 17.1 Å². The second kappa shape index (κ2) is 7.40. The lowest BCUT2D eigenvalue weighted by Crippen LogP contribution is -2.54. The molecular weight excluding hydrogens is 409 g/mol. The smallest absolute Gasteiger partial charge is 0.247 e. The Morgan fingerprint density at radius 3 is 1.83 bits per heavy atom. The van der Waals surface area contributed by atoms with Crippen LogP contribution in [-0.2, 0) is 19.6 Å². The van der Waals surface area contributed by atoms with Crippen LogP contribution in [0, 0.1) is 3.57 Å². The molecule has 23 heavy (non-hydrogen) atoms. The van der Waals surface area contributed by atoms with Crippen LogP contribution >= 0.6 is 22.6 Å². The van der Waals surface area contributed by atoms with E-state index in [4.69, 9.17) is 0 Å². The molecular formula is C16H16IN3O3. The van der Waals surface area contributed by atoms with Gasteiger partial charge in [0.25, 0.3) is 0 Å². The van der Waals surface area contributed by atoms with E-state index < -0.39 is 17.1 Å². The molecule has 0 unspecified atom stereocenters. The van der Waals surface area contributed by atoms with Gasteiger partial charge in [0.15, 0.2) is 0 Å². The molecule has 0 atom stereocenters. The summed E-state index contributed by atoms with van der Waals surface area (Å²) in [5, 5.41) is 0. The quantitative estimate of drug-likeness (QED) is 0.516. The highest BCUT2D eigenvalue weighted by Crippen LogP contribution is 2.11. The van der Waals surface area contributed by atoms with Crippen LogP contribution in [0.1, 0.15) is 5.56 Å². The fourth-order valence-electron chi connectivity index (χ4n) is 2.19. The van der Waals surface area contributed by atoms with Crippen LogP contribution in [-0.4, -0.2) is 13.7 Å². The Hall–Kier alpha value is -2.16. The van der Waals surface area contributed by atoms with E-state index in [0.29, 0.717) is 0 Å². The van der Waals surface area contributed by atoms with Crippen molar-refractivity contribution < 1.29 is 0 Å². The fourth-order valence-corrected chi connectivity index (χ4v) is 2.74. The molecule has 0 fully saturated rings. The van der Waals surface area contributed by atoms with Crippen molar-refractivity contribution in [1.82, 2.24) is 13.7 Å². The first-order chi connectivity index (χ1) is 11.0. The van der Waals surface area contributed by atoms with E-state index in [-0.39, 0.29) is 19.6 Å². The van der Waals surface area contributed by atoms with Gasteiger partial charge in [0.05, 0.1) is 19.6 Å². The molecule has 2 rings (SSSR count). The van der Waals surface area contributed by atoms with E-state index in [9.17, 15) is 14.4 Å². The van der Waals surface area contributed by atoms with Crippen LogP contribution in [0.3, 0.4) is 0 Å². The van der Waals surface area contributed by atoms with E-state index in [2.05, 4.69) is 35.7 Å². The zero-order valence-electron chi connectivity index (χ0n) is 12.4. The van der Waals surface area contributed by atoms with Crippen LogP contribution in [0.25, 0.3) is 0 Å². The third-order valence-electron chi connectivity index (χ3n) is 3.30. The minimum Gasteiger partial charge on any atom is -0.247 e. The predicted molar refractivity (Wildman–Crippen MR) is 97.9 cm³/mol. The number of hydrogen-bond donors (Lipinski definition) is 0. The molecule has 120 valence electrons. The average Bonchev–Trinajstić information content (AvgIpc) is 2.54. The van der Waals surface area contributed by atoms with E-state index >= 15 is 0 Å². The van der Waals surface area contributed by atoms with Gasteiger partial charge in [-0.15, -0.1) is 13.2 Å². The Labute approximate surface area is 146 Å². The van der Waals surface area contributed by atoms with Crippen LogP contribution in [0.5, 0.6) is 0 Å². The number of hydrogen-bond acceptors (Lipinski definition) is 3. The molecule has 0 aliphatic carbocycles. The molecule has 0 bridgehead atoms. The SMILES string of the molecule is C=CCn1c(=O)n(CC=C)c(=O)n(Cc2ccccc2I)c1=O. The van der Waals surface area contributed by atoms with Gasteiger partial charge in [-0.05, 0) is 34.2 Å². The lowest BCUT2D eigenvalue weighted by atomic mass is 10.2. The number of rotatable bonds is 6. The number of halogens is 1. The molecule has 0 spiro atoms. The monoisotopic (exact) mass is 425 g/mol. The maximum absolute atomic E-state index is 12.5. The molecule has 0 N–H and O–H groups in total. The molecule has 1 aromatic heterocycles. The Morgan fingerprint density at radius 2 is 1.35 bits per heavy atom. The summed E-state index contributed by atoms with van der Waals surface area (Å²) in [5.41, 5.74) is -1.10. The van der Waals surface area contributed by atoms with Gasteiger partial charge < -0.3 is 0 Å². The highest BCUT2D eigenvalue weighted by atomic mass is 127. The summed E-state index contributed by atoms with van der Waals surface area (Å²) < 4.78 is 3.99. The molecule has 2 aromatic rings. The first-order valence-electron chi connectivity index (χ1n) is 6.91. The van der Waals surface area contributed by atoms with Crippen LogP contribution in [0.2, 0.25) is 0 Å². The summed E-state index contributed by atoms with van der Waals surface area (Å²) in [7, 11) is 0. The summed E-state index contributed by atoms with van der Waals surface area (Å²) in [5.74, 6) is 0. The molecule has 0 radical (unpaired) electrons. The lowest BCUT2D eigenvalue weighted by Gasteiger charge is -2.12. The molecule has 0 amide bonds. The van der Waals surface area contributed by atoms with Gasteiger partial charge in [-0.3, -0.25) is 0 Å². The van der Waals surface area contributed by atoms with Crippen LogP contribution in [0.4, 0.5) is 0 Å². The highest BCUT2D eigenvalue weighted by Gasteiger charge is 2.15. The molecule has 6 nitrogen and oxygen atoms in total. The van der Waals surface area contributed by atoms with Crippen LogP contribution in [0.15, 0.2) is 64.0 Å². The topological polar surface area (TPSA) is 66.0 Å². The molecule has 0 saturated heterocycles. The van der Waals surface area contributed by atoms with E-state index in [0.717, 1.165) is 22.8 Å². The lowest BCUT2D eigenvalue weighted by molar-refractivity contribution is 0.498. The van der Waals surface area contributed by atoms with Crippen molar-refractivity contribution in [3.8, 4) is 0 Å². The summed E-state index contributed by atoms with van der Waals surface area (Å²) in [6.07, 6.45) is 2.89. The Balaban J connectivity index is 2.72. The van der Waals surface area contributed by atoms with Gasteiger partial charge in [0, 0.05) is 3.57 Å². The van der Waals surface area contributed by atoms with Crippen molar-refractivity contribution in [1.29, 1.82) is 0 Å². The second-order valence-corrected chi connectivity index (χ2v) is 5.99. The van der Waals surface area contributed by atoms with Gasteiger partial charge in [-0.25, -0.2) is 28.1 Å². The molecule has 7 heteroatoms. The molecule has 1 heterocycles. The number of aromatic nitrogens is 3. The van der Waals surface area contributed by atoms with Gasteiger partial charge in [0.1, 0.15) is 0 Å². The van der Waals surface area contributed by atoms with Crippen molar-refractivity contribution >= 4 is 22.6 Å². The summed E-state index contributed by atoms with van der Waals surface area (Å²) >= 11 is 2.14. The van der Waals surface area contributed by atoms with Crippen molar-refractivity contribution in [2.75, 3.05) is 0 Å². The minimum absolute atomic E-state index is 0.0426. The molecule has 0 aliphatic heterocycles. The van der Waals surface area contributed by atoms with Gasteiger partial charge in [-0.2, -0.15) is 0 Å². The number of benzene rings is 1. The predicted octanol–water partition coefficient (Wildman–Crippen LogP) is 1.20. The summed E-state index contributed by atoms with van der Waals surface area (Å²) in [6, 6.07) is 7.45. The Morgan fingerprint density at radius 1 is 0.870 bits per heavy atom. The minimum atomic E-state index is -0.654. The second-order valence-electron chi connectivity index (χ2n) is 4.82. The van der Waals surface area contributed by atoms with Crippen molar-refractivity contribution in [3.05, 3.63) is 90.2 Å². The van der Waals surface area contributed by atoms with Crippen molar-refractivity contribution in [2.45, 2.75) is 19.6 Å². The van der Waals surface area contributed by atoms with Gasteiger partial charge in [0.2, 0.25) is 0 Å². The van der Waals surface area contributed by atoms with E-state index in [1.165, 1.54) is 12.2 Å². The summed E-state index contributed by atoms with van der Waals surface area (Å²) in [4.78, 5) is 37.3. The normalized spacial score (nSPS) is 10.5. The number of nitrogens with zero attached hydrogens (tertiary/aromatic N) is 3. The van der Waals surface area contributed by atoms with Crippen molar-refractivity contribution in [2.24, 2.45) is 0 Å². The largest absolute Gasteiger partial charge is 0.336 e. The zero-order valence-corrected chi connectivity index (χ0v) is 14.6. The standard InChI is InChI=1S/C16H16IN3O3/c1-3-9-18-14(21)19(10-4-2)16(23)20(15(18)22)11-12-7-5-6-8-13(12)17/h3-8H,1-2,9-11H2. The van der Waals surface area contributed by atoms with Gasteiger partial charge >= 0.3 is 17.1 Å². The van der Waals surface area contributed by atoms with Crippen molar-refractivity contribution in [3.63, 3.8) is 0 Å². The maximum Gasteiger partial charge on any atom is 0.336 e. The third kappa shape index (κ3) is 3.44.